The van der Waals surface area contributed by atoms with Crippen LogP contribution < -0.4 is 4.74 Å². The Kier molecular flexibility index (Phi) is 5.01. The molecule has 2 nitrogen and oxygen atoms in total. The maximum absolute atomic E-state index is 9.88. The van der Waals surface area contributed by atoms with Crippen molar-refractivity contribution in [1.82, 2.24) is 0 Å². The number of benzene rings is 1. The fourth-order valence-corrected chi connectivity index (χ4v) is 1.76. The summed E-state index contributed by atoms with van der Waals surface area (Å²) >= 11 is 0. The monoisotopic (exact) mass is 236 g/mol. The van der Waals surface area contributed by atoms with Crippen LogP contribution in [0.5, 0.6) is 5.75 Å². The summed E-state index contributed by atoms with van der Waals surface area (Å²) in [5.74, 6) is 1.17. The first kappa shape index (κ1) is 14.0. The Morgan fingerprint density at radius 1 is 1.24 bits per heavy atom. The lowest BCUT2D eigenvalue weighted by Gasteiger charge is -2.19. The lowest BCUT2D eigenvalue weighted by Crippen LogP contribution is -2.25. The van der Waals surface area contributed by atoms with Crippen molar-refractivity contribution in [2.45, 2.75) is 47.1 Å². The zero-order valence-electron chi connectivity index (χ0n) is 11.6. The molecule has 1 N–H and O–H groups in total. The first-order valence-electron chi connectivity index (χ1n) is 6.34. The number of aliphatic hydroxyl groups is 1. The number of hydrogen-bond donors (Lipinski definition) is 1. The van der Waals surface area contributed by atoms with Crippen LogP contribution in [0.1, 0.15) is 37.0 Å². The number of hydrogen-bond acceptors (Lipinski definition) is 2. The molecule has 96 valence electrons. The highest BCUT2D eigenvalue weighted by molar-refractivity contribution is 5.41. The standard InChI is InChI=1S/C15H24O2/c1-6-11(3)14(16)9-17-15-8-10(2)7-12(4)13(15)5/h7-8,11,14,16H,6,9H2,1-5H3. The second-order valence-corrected chi connectivity index (χ2v) is 4.97. The Labute approximate surface area is 105 Å². The largest absolute Gasteiger partial charge is 0.491 e. The number of aryl methyl sites for hydroxylation is 2. The Bertz CT molecular complexity index is 371. The molecule has 2 unspecified atom stereocenters. The minimum atomic E-state index is -0.389. The molecule has 2 heteroatoms. The summed E-state index contributed by atoms with van der Waals surface area (Å²) in [4.78, 5) is 0. The maximum atomic E-state index is 9.88. The maximum Gasteiger partial charge on any atom is 0.122 e. The van der Waals surface area contributed by atoms with E-state index in [2.05, 4.69) is 33.8 Å². The van der Waals surface area contributed by atoms with Crippen molar-refractivity contribution in [1.29, 1.82) is 0 Å². The fraction of sp³-hybridized carbons (Fsp3) is 0.600. The van der Waals surface area contributed by atoms with Crippen LogP contribution in [0.3, 0.4) is 0 Å². The van der Waals surface area contributed by atoms with Gasteiger partial charge in [-0.1, -0.05) is 26.3 Å². The minimum absolute atomic E-state index is 0.279. The smallest absolute Gasteiger partial charge is 0.122 e. The lowest BCUT2D eigenvalue weighted by atomic mass is 10.0. The van der Waals surface area contributed by atoms with Gasteiger partial charge in [0, 0.05) is 0 Å². The molecule has 1 aromatic rings. The second-order valence-electron chi connectivity index (χ2n) is 4.97. The first-order chi connectivity index (χ1) is 7.95. The molecule has 0 amide bonds. The van der Waals surface area contributed by atoms with Gasteiger partial charge in [0.15, 0.2) is 0 Å². The van der Waals surface area contributed by atoms with E-state index >= 15 is 0 Å². The van der Waals surface area contributed by atoms with Gasteiger partial charge in [-0.2, -0.15) is 0 Å². The van der Waals surface area contributed by atoms with Crippen LogP contribution in [0.25, 0.3) is 0 Å². The molecule has 0 fully saturated rings. The zero-order chi connectivity index (χ0) is 13.0. The quantitative estimate of drug-likeness (QED) is 0.849. The van der Waals surface area contributed by atoms with Crippen LogP contribution in [0.2, 0.25) is 0 Å². The van der Waals surface area contributed by atoms with Crippen LogP contribution in [0.4, 0.5) is 0 Å². The fourth-order valence-electron chi connectivity index (χ4n) is 1.76. The highest BCUT2D eigenvalue weighted by atomic mass is 16.5. The van der Waals surface area contributed by atoms with Crippen molar-refractivity contribution in [3.8, 4) is 5.75 Å². The van der Waals surface area contributed by atoms with E-state index in [0.29, 0.717) is 6.61 Å². The van der Waals surface area contributed by atoms with Crippen molar-refractivity contribution >= 4 is 0 Å². The summed E-state index contributed by atoms with van der Waals surface area (Å²) in [6.45, 7) is 10.7. The minimum Gasteiger partial charge on any atom is -0.491 e. The molecule has 0 aliphatic rings. The Morgan fingerprint density at radius 3 is 2.47 bits per heavy atom. The second kappa shape index (κ2) is 6.06. The predicted molar refractivity (Wildman–Crippen MR) is 71.6 cm³/mol. The summed E-state index contributed by atoms with van der Waals surface area (Å²) < 4.78 is 5.73. The van der Waals surface area contributed by atoms with Gasteiger partial charge >= 0.3 is 0 Å². The summed E-state index contributed by atoms with van der Waals surface area (Å²) in [7, 11) is 0. The van der Waals surface area contributed by atoms with Gasteiger partial charge in [-0.3, -0.25) is 0 Å². The Balaban J connectivity index is 2.69. The topological polar surface area (TPSA) is 29.5 Å². The molecule has 1 aromatic carbocycles. The molecular formula is C15H24O2. The van der Waals surface area contributed by atoms with E-state index in [1.807, 2.05) is 13.0 Å². The Hall–Kier alpha value is -1.02. The molecule has 0 aromatic heterocycles. The van der Waals surface area contributed by atoms with E-state index < -0.39 is 0 Å². The highest BCUT2D eigenvalue weighted by Gasteiger charge is 2.13. The zero-order valence-corrected chi connectivity index (χ0v) is 11.6. The van der Waals surface area contributed by atoms with Crippen LogP contribution in [-0.4, -0.2) is 17.8 Å². The van der Waals surface area contributed by atoms with Crippen molar-refractivity contribution < 1.29 is 9.84 Å². The van der Waals surface area contributed by atoms with Crippen LogP contribution in [0, 0.1) is 26.7 Å². The molecule has 0 radical (unpaired) electrons. The third-order valence-corrected chi connectivity index (χ3v) is 3.47. The Morgan fingerprint density at radius 2 is 1.88 bits per heavy atom. The van der Waals surface area contributed by atoms with E-state index in [0.717, 1.165) is 17.7 Å². The van der Waals surface area contributed by atoms with Gasteiger partial charge in [0.25, 0.3) is 0 Å². The van der Waals surface area contributed by atoms with Gasteiger partial charge < -0.3 is 9.84 Å². The third-order valence-electron chi connectivity index (χ3n) is 3.47. The van der Waals surface area contributed by atoms with Crippen molar-refractivity contribution in [2.75, 3.05) is 6.61 Å². The van der Waals surface area contributed by atoms with Crippen LogP contribution in [-0.2, 0) is 0 Å². The van der Waals surface area contributed by atoms with Gasteiger partial charge in [-0.25, -0.2) is 0 Å². The van der Waals surface area contributed by atoms with E-state index in [4.69, 9.17) is 4.74 Å². The van der Waals surface area contributed by atoms with Gasteiger partial charge in [0.2, 0.25) is 0 Å². The SMILES string of the molecule is CCC(C)C(O)COc1cc(C)cc(C)c1C. The summed E-state index contributed by atoms with van der Waals surface area (Å²) in [5.41, 5.74) is 3.59. The molecule has 1 rings (SSSR count). The molecule has 0 heterocycles. The summed E-state index contributed by atoms with van der Waals surface area (Å²) in [5, 5.41) is 9.88. The van der Waals surface area contributed by atoms with E-state index in [9.17, 15) is 5.11 Å². The number of ether oxygens (including phenoxy) is 1. The average molecular weight is 236 g/mol. The van der Waals surface area contributed by atoms with Crippen LogP contribution >= 0.6 is 0 Å². The molecule has 0 aliphatic heterocycles. The van der Waals surface area contributed by atoms with Crippen molar-refractivity contribution in [2.24, 2.45) is 5.92 Å². The summed E-state index contributed by atoms with van der Waals surface area (Å²) in [6.07, 6.45) is 0.580. The number of aliphatic hydroxyl groups excluding tert-OH is 1. The molecule has 0 bridgehead atoms. The van der Waals surface area contributed by atoms with Gasteiger partial charge in [-0.05, 0) is 49.4 Å². The van der Waals surface area contributed by atoms with Crippen molar-refractivity contribution in [3.63, 3.8) is 0 Å². The normalized spacial score (nSPS) is 14.5. The summed E-state index contributed by atoms with van der Waals surface area (Å²) in [6, 6.07) is 4.18. The van der Waals surface area contributed by atoms with Gasteiger partial charge in [-0.15, -0.1) is 0 Å². The molecule has 17 heavy (non-hydrogen) atoms. The molecule has 0 spiro atoms. The predicted octanol–water partition coefficient (Wildman–Crippen LogP) is 3.40. The average Bonchev–Trinajstić information content (AvgIpc) is 2.30. The molecular weight excluding hydrogens is 212 g/mol. The van der Waals surface area contributed by atoms with Gasteiger partial charge in [0.05, 0.1) is 6.10 Å². The molecule has 0 saturated heterocycles. The molecule has 0 saturated carbocycles. The van der Waals surface area contributed by atoms with E-state index in [1.165, 1.54) is 11.1 Å². The highest BCUT2D eigenvalue weighted by Crippen LogP contribution is 2.23. The van der Waals surface area contributed by atoms with Crippen molar-refractivity contribution in [3.05, 3.63) is 28.8 Å². The first-order valence-corrected chi connectivity index (χ1v) is 6.34. The van der Waals surface area contributed by atoms with E-state index in [1.54, 1.807) is 0 Å². The van der Waals surface area contributed by atoms with E-state index in [-0.39, 0.29) is 12.0 Å². The lowest BCUT2D eigenvalue weighted by molar-refractivity contribution is 0.0619. The number of rotatable bonds is 5. The van der Waals surface area contributed by atoms with Gasteiger partial charge in [0.1, 0.15) is 12.4 Å². The third kappa shape index (κ3) is 3.74. The molecule has 2 atom stereocenters. The molecule has 0 aliphatic carbocycles. The van der Waals surface area contributed by atoms with Crippen LogP contribution in [0.15, 0.2) is 12.1 Å².